The molecule has 1 unspecified atom stereocenters. The van der Waals surface area contributed by atoms with Crippen LogP contribution in [0.5, 0.6) is 0 Å². The normalized spacial score (nSPS) is 15.4. The molecule has 1 heterocycles. The largest absolute Gasteiger partial charge is 0.365 e. The third-order valence-corrected chi connectivity index (χ3v) is 6.52. The lowest BCUT2D eigenvalue weighted by Gasteiger charge is -2.25. The molecule has 1 aliphatic rings. The predicted molar refractivity (Wildman–Crippen MR) is 115 cm³/mol. The second kappa shape index (κ2) is 7.96. The van der Waals surface area contributed by atoms with Crippen LogP contribution in [0.4, 0.5) is 11.6 Å². The van der Waals surface area contributed by atoms with Crippen LogP contribution in [-0.4, -0.2) is 50.0 Å². The predicted octanol–water partition coefficient (Wildman–Crippen LogP) is 3.18. The fourth-order valence-electron chi connectivity index (χ4n) is 3.43. The number of anilines is 2. The molecule has 29 heavy (non-hydrogen) atoms. The molecule has 8 heteroatoms. The van der Waals surface area contributed by atoms with Gasteiger partial charge in [0.05, 0.1) is 15.9 Å². The number of fused-ring (bicyclic) bond motifs is 1. The van der Waals surface area contributed by atoms with E-state index in [4.69, 9.17) is 0 Å². The van der Waals surface area contributed by atoms with Crippen molar-refractivity contribution in [1.82, 2.24) is 14.9 Å². The van der Waals surface area contributed by atoms with Crippen molar-refractivity contribution in [2.75, 3.05) is 30.7 Å². The molecule has 2 N–H and O–H groups in total. The van der Waals surface area contributed by atoms with Crippen LogP contribution in [0, 0.1) is 5.92 Å². The molecule has 3 aromatic rings. The van der Waals surface area contributed by atoms with E-state index in [-0.39, 0.29) is 10.7 Å². The summed E-state index contributed by atoms with van der Waals surface area (Å²) in [5, 5.41) is 3.34. The van der Waals surface area contributed by atoms with Gasteiger partial charge in [0.2, 0.25) is 0 Å². The van der Waals surface area contributed by atoms with Crippen molar-refractivity contribution < 1.29 is 8.42 Å². The van der Waals surface area contributed by atoms with Crippen molar-refractivity contribution in [3.63, 3.8) is 0 Å². The van der Waals surface area contributed by atoms with Gasteiger partial charge in [-0.2, -0.15) is 0 Å². The minimum Gasteiger partial charge on any atom is -0.365 e. The Bertz CT molecular complexity index is 1100. The monoisotopic (exact) mass is 411 g/mol. The zero-order valence-corrected chi connectivity index (χ0v) is 17.4. The third-order valence-electron chi connectivity index (χ3n) is 5.16. The molecular formula is C21H25N5O2S. The first-order valence-electron chi connectivity index (χ1n) is 9.69. The number of likely N-dealkylation sites (N-methyl/N-ethyl adjacent to an activating group) is 1. The zero-order chi connectivity index (χ0) is 20.4. The van der Waals surface area contributed by atoms with Crippen LogP contribution in [-0.2, 0) is 10.0 Å². The van der Waals surface area contributed by atoms with Crippen LogP contribution in [0.25, 0.3) is 11.0 Å². The molecule has 1 saturated carbocycles. The van der Waals surface area contributed by atoms with Crippen LogP contribution in [0.3, 0.4) is 0 Å². The molecule has 0 saturated heterocycles. The molecule has 0 amide bonds. The molecule has 0 bridgehead atoms. The molecule has 2 aromatic carbocycles. The molecule has 0 aliphatic heterocycles. The first kappa shape index (κ1) is 19.6. The van der Waals surface area contributed by atoms with Crippen LogP contribution in [0.15, 0.2) is 59.5 Å². The summed E-state index contributed by atoms with van der Waals surface area (Å²) in [4.78, 5) is 11.6. The highest BCUT2D eigenvalue weighted by Crippen LogP contribution is 2.35. The van der Waals surface area contributed by atoms with E-state index in [9.17, 15) is 8.42 Å². The fourth-order valence-corrected chi connectivity index (χ4v) is 4.46. The lowest BCUT2D eigenvalue weighted by molar-refractivity contribution is 0.276. The number of para-hydroxylation sites is 2. The van der Waals surface area contributed by atoms with Gasteiger partial charge < -0.3 is 10.2 Å². The summed E-state index contributed by atoms with van der Waals surface area (Å²) in [5.41, 5.74) is 1.35. The lowest BCUT2D eigenvalue weighted by atomic mass is 10.1. The zero-order valence-electron chi connectivity index (χ0n) is 16.5. The first-order chi connectivity index (χ1) is 13.9. The summed E-state index contributed by atoms with van der Waals surface area (Å²) in [6.07, 6.45) is 2.45. The molecular weight excluding hydrogens is 386 g/mol. The van der Waals surface area contributed by atoms with Crippen molar-refractivity contribution in [1.29, 1.82) is 0 Å². The number of sulfonamides is 1. The molecule has 152 valence electrons. The van der Waals surface area contributed by atoms with Crippen molar-refractivity contribution in [3.8, 4) is 0 Å². The van der Waals surface area contributed by atoms with E-state index >= 15 is 0 Å². The number of hydrogen-bond donors (Lipinski definition) is 2. The average molecular weight is 412 g/mol. The van der Waals surface area contributed by atoms with Crippen LogP contribution >= 0.6 is 0 Å². The van der Waals surface area contributed by atoms with E-state index in [1.54, 1.807) is 30.3 Å². The summed E-state index contributed by atoms with van der Waals surface area (Å²) in [6.45, 7) is 0.671. The van der Waals surface area contributed by atoms with E-state index in [1.807, 2.05) is 24.3 Å². The summed E-state index contributed by atoms with van der Waals surface area (Å²) in [5.74, 6) is 1.31. The molecule has 1 fully saturated rings. The maximum atomic E-state index is 12.8. The van der Waals surface area contributed by atoms with Gasteiger partial charge in [-0.15, -0.1) is 0 Å². The Balaban J connectivity index is 1.67. The Morgan fingerprint density at radius 1 is 0.966 bits per heavy atom. The smallest absolute Gasteiger partial charge is 0.263 e. The number of benzene rings is 2. The summed E-state index contributed by atoms with van der Waals surface area (Å²) in [7, 11) is 0.364. The van der Waals surface area contributed by atoms with Gasteiger partial charge in [0.25, 0.3) is 10.0 Å². The molecule has 0 spiro atoms. The molecule has 0 radical (unpaired) electrons. The van der Waals surface area contributed by atoms with Gasteiger partial charge in [0.1, 0.15) is 0 Å². The molecule has 1 aromatic heterocycles. The van der Waals surface area contributed by atoms with Gasteiger partial charge in [-0.25, -0.2) is 18.4 Å². The number of hydrogen-bond acceptors (Lipinski definition) is 6. The SMILES string of the molecule is CN(C)C(CNc1nc2ccccc2nc1NS(=O)(=O)c1ccccc1)C1CC1. The van der Waals surface area contributed by atoms with Gasteiger partial charge >= 0.3 is 0 Å². The van der Waals surface area contributed by atoms with Gasteiger partial charge in [-0.1, -0.05) is 30.3 Å². The number of nitrogens with zero attached hydrogens (tertiary/aromatic N) is 3. The highest BCUT2D eigenvalue weighted by molar-refractivity contribution is 7.92. The molecule has 4 rings (SSSR count). The van der Waals surface area contributed by atoms with Crippen molar-refractivity contribution >= 4 is 32.7 Å². The van der Waals surface area contributed by atoms with Crippen LogP contribution < -0.4 is 10.0 Å². The Morgan fingerprint density at radius 2 is 1.55 bits per heavy atom. The molecule has 7 nitrogen and oxygen atoms in total. The lowest BCUT2D eigenvalue weighted by Crippen LogP contribution is -2.36. The highest BCUT2D eigenvalue weighted by atomic mass is 32.2. The van der Waals surface area contributed by atoms with Gasteiger partial charge in [0, 0.05) is 12.6 Å². The summed E-state index contributed by atoms with van der Waals surface area (Å²) in [6, 6.07) is 16.1. The Kier molecular flexibility index (Phi) is 5.38. The fraction of sp³-hybridized carbons (Fsp3) is 0.333. The van der Waals surface area contributed by atoms with Crippen molar-refractivity contribution in [2.24, 2.45) is 5.92 Å². The molecule has 1 aliphatic carbocycles. The average Bonchev–Trinajstić information content (AvgIpc) is 3.53. The molecule has 1 atom stereocenters. The second-order valence-electron chi connectivity index (χ2n) is 7.58. The van der Waals surface area contributed by atoms with Gasteiger partial charge in [0.15, 0.2) is 11.6 Å². The maximum Gasteiger partial charge on any atom is 0.263 e. The standard InChI is InChI=1S/C21H25N5O2S/c1-26(2)19(15-12-13-15)14-22-20-21(24-18-11-7-6-10-17(18)23-20)25-29(27,28)16-8-4-3-5-9-16/h3-11,15,19H,12-14H2,1-2H3,(H,22,23)(H,24,25). The van der Waals surface area contributed by atoms with E-state index in [0.717, 1.165) is 0 Å². The Labute approximate surface area is 171 Å². The highest BCUT2D eigenvalue weighted by Gasteiger charge is 2.32. The Morgan fingerprint density at radius 3 is 2.14 bits per heavy atom. The van der Waals surface area contributed by atoms with Gasteiger partial charge in [-0.05, 0) is 57.1 Å². The summed E-state index contributed by atoms with van der Waals surface area (Å²) < 4.78 is 28.3. The van der Waals surface area contributed by atoms with Crippen molar-refractivity contribution in [2.45, 2.75) is 23.8 Å². The van der Waals surface area contributed by atoms with Crippen LogP contribution in [0.1, 0.15) is 12.8 Å². The quantitative estimate of drug-likeness (QED) is 0.592. The third kappa shape index (κ3) is 4.49. The second-order valence-corrected chi connectivity index (χ2v) is 9.26. The Hall–Kier alpha value is -2.71. The van der Waals surface area contributed by atoms with E-state index in [2.05, 4.69) is 39.0 Å². The minimum atomic E-state index is -3.77. The number of aromatic nitrogens is 2. The summed E-state index contributed by atoms with van der Waals surface area (Å²) >= 11 is 0. The van der Waals surface area contributed by atoms with E-state index < -0.39 is 10.0 Å². The van der Waals surface area contributed by atoms with Crippen molar-refractivity contribution in [3.05, 3.63) is 54.6 Å². The number of nitrogens with one attached hydrogen (secondary N) is 2. The van der Waals surface area contributed by atoms with Crippen LogP contribution in [0.2, 0.25) is 0 Å². The van der Waals surface area contributed by atoms with E-state index in [0.29, 0.717) is 35.4 Å². The minimum absolute atomic E-state index is 0.185. The number of rotatable bonds is 8. The topological polar surface area (TPSA) is 87.2 Å². The first-order valence-corrected chi connectivity index (χ1v) is 11.2. The van der Waals surface area contributed by atoms with Gasteiger partial charge in [-0.3, -0.25) is 4.72 Å². The maximum absolute atomic E-state index is 12.8. The van der Waals surface area contributed by atoms with E-state index in [1.165, 1.54) is 12.8 Å².